The summed E-state index contributed by atoms with van der Waals surface area (Å²) in [5.41, 5.74) is 1.37. The maximum atomic E-state index is 13.2. The van der Waals surface area contributed by atoms with Crippen LogP contribution < -0.4 is 4.31 Å². The molecular weight excluding hydrogens is 424 g/mol. The van der Waals surface area contributed by atoms with E-state index >= 15 is 0 Å². The van der Waals surface area contributed by atoms with E-state index in [-0.39, 0.29) is 18.3 Å². The molecule has 3 aromatic rings. The van der Waals surface area contributed by atoms with Crippen molar-refractivity contribution >= 4 is 33.0 Å². The second kappa shape index (κ2) is 8.97. The van der Waals surface area contributed by atoms with Crippen LogP contribution in [0.15, 0.2) is 46.3 Å². The van der Waals surface area contributed by atoms with Crippen LogP contribution in [0.3, 0.4) is 0 Å². The summed E-state index contributed by atoms with van der Waals surface area (Å²) in [7, 11) is -2.09. The summed E-state index contributed by atoms with van der Waals surface area (Å²) in [6.07, 6.45) is 1.42. The number of thiophene rings is 1. The summed E-state index contributed by atoms with van der Waals surface area (Å²) < 4.78 is 31.6. The lowest BCUT2D eigenvalue weighted by molar-refractivity contribution is -0.132. The first-order chi connectivity index (χ1) is 14.2. The fourth-order valence-electron chi connectivity index (χ4n) is 3.17. The number of carbonyl (C=O) groups excluding carboxylic acids is 1. The van der Waals surface area contributed by atoms with E-state index in [1.54, 1.807) is 32.2 Å². The summed E-state index contributed by atoms with van der Waals surface area (Å²) in [6.45, 7) is 3.74. The van der Waals surface area contributed by atoms with Gasteiger partial charge < -0.3 is 9.42 Å². The highest BCUT2D eigenvalue weighted by molar-refractivity contribution is 7.92. The molecule has 0 radical (unpaired) electrons. The third kappa shape index (κ3) is 4.88. The molecule has 8 nitrogen and oxygen atoms in total. The van der Waals surface area contributed by atoms with Crippen LogP contribution in [0.4, 0.5) is 5.69 Å². The van der Waals surface area contributed by atoms with Crippen LogP contribution in [0.1, 0.15) is 24.8 Å². The lowest BCUT2D eigenvalue weighted by Gasteiger charge is -2.32. The Bertz CT molecular complexity index is 1110. The molecule has 0 aliphatic rings. The standard InChI is InChI=1S/C20H24N4O4S2/c1-5-16(24(30(4,26)27)15-9-6-8-14(2)12-15)20(25)23(3)13-18-21-19(22-28-18)17-10-7-11-29-17/h6-12,16H,5,13H2,1-4H3/t16-/m0/s1. The van der Waals surface area contributed by atoms with Gasteiger partial charge in [-0.2, -0.15) is 4.98 Å². The molecule has 1 amide bonds. The van der Waals surface area contributed by atoms with E-state index in [1.165, 1.54) is 20.5 Å². The molecular formula is C20H24N4O4S2. The molecule has 0 saturated carbocycles. The minimum Gasteiger partial charge on any atom is -0.337 e. The zero-order chi connectivity index (χ0) is 21.9. The van der Waals surface area contributed by atoms with Crippen molar-refractivity contribution in [3.63, 3.8) is 0 Å². The number of benzene rings is 1. The normalized spacial score (nSPS) is 12.5. The average Bonchev–Trinajstić information content (AvgIpc) is 3.36. The molecule has 3 rings (SSSR count). The molecule has 2 aromatic heterocycles. The SMILES string of the molecule is CC[C@@H](C(=O)N(C)Cc1nc(-c2cccs2)no1)N(c1cccc(C)c1)S(C)(=O)=O. The largest absolute Gasteiger partial charge is 0.337 e. The van der Waals surface area contributed by atoms with E-state index in [0.717, 1.165) is 16.7 Å². The number of anilines is 1. The topological polar surface area (TPSA) is 96.6 Å². The van der Waals surface area contributed by atoms with Crippen LogP contribution in [0, 0.1) is 6.92 Å². The Labute approximate surface area is 180 Å². The van der Waals surface area contributed by atoms with Gasteiger partial charge in [-0.05, 0) is 42.5 Å². The Kier molecular flexibility index (Phi) is 6.57. The van der Waals surface area contributed by atoms with Gasteiger partial charge in [0.2, 0.25) is 27.6 Å². The molecule has 0 bridgehead atoms. The molecule has 0 N–H and O–H groups in total. The number of aryl methyl sites for hydroxylation is 1. The molecule has 30 heavy (non-hydrogen) atoms. The lowest BCUT2D eigenvalue weighted by atomic mass is 10.1. The first-order valence-corrected chi connectivity index (χ1v) is 12.1. The van der Waals surface area contributed by atoms with Crippen LogP contribution >= 0.6 is 11.3 Å². The summed E-state index contributed by atoms with van der Waals surface area (Å²) in [6, 6.07) is 9.98. The molecule has 0 saturated heterocycles. The average molecular weight is 449 g/mol. The number of nitrogens with zero attached hydrogens (tertiary/aromatic N) is 4. The van der Waals surface area contributed by atoms with Crippen molar-refractivity contribution in [2.45, 2.75) is 32.9 Å². The Morgan fingerprint density at radius 3 is 2.63 bits per heavy atom. The monoisotopic (exact) mass is 448 g/mol. The van der Waals surface area contributed by atoms with E-state index in [0.29, 0.717) is 17.9 Å². The van der Waals surface area contributed by atoms with Gasteiger partial charge >= 0.3 is 0 Å². The predicted octanol–water partition coefficient (Wildman–Crippen LogP) is 3.31. The third-order valence-electron chi connectivity index (χ3n) is 4.53. The molecule has 2 heterocycles. The fraction of sp³-hybridized carbons (Fsp3) is 0.350. The minimum absolute atomic E-state index is 0.0825. The van der Waals surface area contributed by atoms with E-state index in [4.69, 9.17) is 4.52 Å². The van der Waals surface area contributed by atoms with Crippen molar-refractivity contribution in [2.75, 3.05) is 17.6 Å². The number of likely N-dealkylation sites (N-methyl/N-ethyl adjacent to an activating group) is 1. The molecule has 10 heteroatoms. The highest BCUT2D eigenvalue weighted by atomic mass is 32.2. The lowest BCUT2D eigenvalue weighted by Crippen LogP contribution is -2.49. The zero-order valence-corrected chi connectivity index (χ0v) is 18.9. The van der Waals surface area contributed by atoms with Gasteiger partial charge in [0.05, 0.1) is 23.4 Å². The Morgan fingerprint density at radius 1 is 1.27 bits per heavy atom. The molecule has 0 aliphatic carbocycles. The Morgan fingerprint density at radius 2 is 2.03 bits per heavy atom. The van der Waals surface area contributed by atoms with Crippen LogP contribution in [0.5, 0.6) is 0 Å². The van der Waals surface area contributed by atoms with E-state index < -0.39 is 16.1 Å². The number of sulfonamides is 1. The number of rotatable bonds is 8. The molecule has 1 atom stereocenters. The molecule has 0 aliphatic heterocycles. The second-order valence-electron chi connectivity index (χ2n) is 7.01. The molecule has 0 fully saturated rings. The Hall–Kier alpha value is -2.72. The minimum atomic E-state index is -3.69. The van der Waals surface area contributed by atoms with Crippen molar-refractivity contribution in [1.29, 1.82) is 0 Å². The van der Waals surface area contributed by atoms with Gasteiger partial charge in [-0.25, -0.2) is 8.42 Å². The zero-order valence-electron chi connectivity index (χ0n) is 17.3. The molecule has 1 aromatic carbocycles. The van der Waals surface area contributed by atoms with Gasteiger partial charge in [0.25, 0.3) is 0 Å². The summed E-state index contributed by atoms with van der Waals surface area (Å²) >= 11 is 1.49. The number of aromatic nitrogens is 2. The van der Waals surface area contributed by atoms with Gasteiger partial charge in [0.1, 0.15) is 6.04 Å². The van der Waals surface area contributed by atoms with Crippen molar-refractivity contribution in [3.8, 4) is 10.7 Å². The fourth-order valence-corrected chi connectivity index (χ4v) is 5.02. The van der Waals surface area contributed by atoms with Crippen molar-refractivity contribution in [1.82, 2.24) is 15.0 Å². The summed E-state index contributed by atoms with van der Waals surface area (Å²) in [4.78, 5) is 19.8. The van der Waals surface area contributed by atoms with Crippen LogP contribution in [0.25, 0.3) is 10.7 Å². The highest BCUT2D eigenvalue weighted by Gasteiger charge is 2.33. The van der Waals surface area contributed by atoms with E-state index in [9.17, 15) is 13.2 Å². The molecule has 0 spiro atoms. The first-order valence-electron chi connectivity index (χ1n) is 9.38. The smallest absolute Gasteiger partial charge is 0.246 e. The van der Waals surface area contributed by atoms with Gasteiger partial charge in [0.15, 0.2) is 0 Å². The van der Waals surface area contributed by atoms with E-state index in [1.807, 2.05) is 30.5 Å². The van der Waals surface area contributed by atoms with Crippen molar-refractivity contribution in [2.24, 2.45) is 0 Å². The second-order valence-corrected chi connectivity index (χ2v) is 9.81. The van der Waals surface area contributed by atoms with E-state index in [2.05, 4.69) is 10.1 Å². The van der Waals surface area contributed by atoms with Crippen LogP contribution in [-0.4, -0.2) is 48.7 Å². The molecule has 160 valence electrons. The van der Waals surface area contributed by atoms with Crippen LogP contribution in [-0.2, 0) is 21.4 Å². The number of carbonyl (C=O) groups is 1. The maximum Gasteiger partial charge on any atom is 0.246 e. The number of hydrogen-bond acceptors (Lipinski definition) is 7. The maximum absolute atomic E-state index is 13.2. The van der Waals surface area contributed by atoms with Gasteiger partial charge in [0, 0.05) is 7.05 Å². The highest BCUT2D eigenvalue weighted by Crippen LogP contribution is 2.25. The van der Waals surface area contributed by atoms with Crippen molar-refractivity contribution in [3.05, 3.63) is 53.2 Å². The molecule has 0 unspecified atom stereocenters. The summed E-state index contributed by atoms with van der Waals surface area (Å²) in [5.74, 6) is 0.399. The number of amides is 1. The van der Waals surface area contributed by atoms with Crippen molar-refractivity contribution < 1.29 is 17.7 Å². The predicted molar refractivity (Wildman–Crippen MR) is 117 cm³/mol. The van der Waals surface area contributed by atoms with Gasteiger partial charge in [-0.3, -0.25) is 9.10 Å². The Balaban J connectivity index is 1.83. The van der Waals surface area contributed by atoms with Crippen LogP contribution in [0.2, 0.25) is 0 Å². The first kappa shape index (κ1) is 22.0. The summed E-state index contributed by atoms with van der Waals surface area (Å²) in [5, 5.41) is 5.86. The van der Waals surface area contributed by atoms with Gasteiger partial charge in [-0.15, -0.1) is 11.3 Å². The van der Waals surface area contributed by atoms with Gasteiger partial charge in [-0.1, -0.05) is 30.3 Å². The number of hydrogen-bond donors (Lipinski definition) is 0. The third-order valence-corrected chi connectivity index (χ3v) is 6.57. The quantitative estimate of drug-likeness (QED) is 0.524.